The summed E-state index contributed by atoms with van der Waals surface area (Å²) in [5.74, 6) is 0.334. The first-order valence-electron chi connectivity index (χ1n) is 7.78. The maximum Gasteiger partial charge on any atom is 0.0974 e. The first-order valence-corrected chi connectivity index (χ1v) is 7.78. The molecule has 118 valence electrons. The van der Waals surface area contributed by atoms with E-state index in [0.29, 0.717) is 12.6 Å². The molecule has 0 aliphatic carbocycles. The van der Waals surface area contributed by atoms with Crippen molar-refractivity contribution in [1.82, 2.24) is 5.32 Å². The maximum absolute atomic E-state index is 6.03. The molecular weight excluding hydrogens is 306 g/mol. The molecule has 0 radical (unpaired) electrons. The van der Waals surface area contributed by atoms with Crippen molar-refractivity contribution < 1.29 is 4.74 Å². The first kappa shape index (κ1) is 16.0. The average Bonchev–Trinajstić information content (AvgIpc) is 2.62. The van der Waals surface area contributed by atoms with Gasteiger partial charge in [0.1, 0.15) is 0 Å². The summed E-state index contributed by atoms with van der Waals surface area (Å²) in [6.07, 6.45) is 0.114. The van der Waals surface area contributed by atoms with Crippen molar-refractivity contribution in [3.05, 3.63) is 83.9 Å². The molecule has 1 fully saturated rings. The molecule has 0 aromatic heterocycles. The first-order chi connectivity index (χ1) is 10.9. The highest BCUT2D eigenvalue weighted by Gasteiger charge is 2.28. The lowest BCUT2D eigenvalue weighted by molar-refractivity contribution is -0.00999. The van der Waals surface area contributed by atoms with Gasteiger partial charge in [0.05, 0.1) is 12.8 Å². The number of halogens is 1. The van der Waals surface area contributed by atoms with Gasteiger partial charge in [-0.05, 0) is 21.9 Å². The van der Waals surface area contributed by atoms with Crippen molar-refractivity contribution in [3.63, 3.8) is 0 Å². The van der Waals surface area contributed by atoms with Crippen LogP contribution in [0.3, 0.4) is 0 Å². The average molecular weight is 326 g/mol. The van der Waals surface area contributed by atoms with E-state index in [1.807, 2.05) is 0 Å². The molecule has 1 heterocycles. The molecule has 2 atom stereocenters. The fraction of sp³-hybridized carbons (Fsp3) is 0.200. The Balaban J connectivity index is 0.00000156. The second-order valence-electron chi connectivity index (χ2n) is 5.81. The van der Waals surface area contributed by atoms with E-state index in [1.54, 1.807) is 0 Å². The molecule has 3 aromatic carbocycles. The molecule has 0 unspecified atom stereocenters. The summed E-state index contributed by atoms with van der Waals surface area (Å²) in [5, 5.41) is 5.93. The Labute approximate surface area is 142 Å². The van der Waals surface area contributed by atoms with Gasteiger partial charge in [-0.25, -0.2) is 0 Å². The third-order valence-corrected chi connectivity index (χ3v) is 4.42. The second-order valence-corrected chi connectivity index (χ2v) is 5.81. The summed E-state index contributed by atoms with van der Waals surface area (Å²) in [4.78, 5) is 0. The Bertz CT molecular complexity index is 775. The van der Waals surface area contributed by atoms with Gasteiger partial charge in [-0.2, -0.15) is 0 Å². The van der Waals surface area contributed by atoms with Crippen LogP contribution in [0, 0.1) is 0 Å². The van der Waals surface area contributed by atoms with Crippen LogP contribution in [0.15, 0.2) is 72.8 Å². The highest BCUT2D eigenvalue weighted by atomic mass is 35.5. The molecule has 1 saturated heterocycles. The molecule has 0 amide bonds. The molecule has 4 rings (SSSR count). The van der Waals surface area contributed by atoms with Gasteiger partial charge >= 0.3 is 0 Å². The van der Waals surface area contributed by atoms with Crippen molar-refractivity contribution in [2.75, 3.05) is 13.3 Å². The summed E-state index contributed by atoms with van der Waals surface area (Å²) >= 11 is 0. The smallest absolute Gasteiger partial charge is 0.0974 e. The lowest BCUT2D eigenvalue weighted by atomic mass is 9.87. The van der Waals surface area contributed by atoms with Crippen LogP contribution in [0.25, 0.3) is 10.8 Å². The Hall–Kier alpha value is -1.87. The monoisotopic (exact) mass is 325 g/mol. The van der Waals surface area contributed by atoms with Crippen LogP contribution in [0.5, 0.6) is 0 Å². The third kappa shape index (κ3) is 3.25. The van der Waals surface area contributed by atoms with Crippen molar-refractivity contribution >= 4 is 23.2 Å². The van der Waals surface area contributed by atoms with Gasteiger partial charge in [0.15, 0.2) is 0 Å². The summed E-state index contributed by atoms with van der Waals surface area (Å²) in [7, 11) is 0. The molecule has 0 saturated carbocycles. The Morgan fingerprint density at radius 1 is 0.783 bits per heavy atom. The molecule has 1 aliphatic heterocycles. The molecular formula is C20H20ClNO. The Morgan fingerprint density at radius 3 is 2.35 bits per heavy atom. The largest absolute Gasteiger partial charge is 0.358 e. The lowest BCUT2D eigenvalue weighted by Gasteiger charge is -2.33. The number of benzene rings is 3. The molecule has 1 aliphatic rings. The van der Waals surface area contributed by atoms with Gasteiger partial charge in [-0.3, -0.25) is 5.32 Å². The zero-order valence-corrected chi connectivity index (χ0v) is 13.6. The second kappa shape index (κ2) is 7.14. The highest BCUT2D eigenvalue weighted by molar-refractivity contribution is 5.85. The van der Waals surface area contributed by atoms with Crippen molar-refractivity contribution in [3.8, 4) is 0 Å². The van der Waals surface area contributed by atoms with E-state index in [-0.39, 0.29) is 18.5 Å². The summed E-state index contributed by atoms with van der Waals surface area (Å²) in [6, 6.07) is 25.8. The van der Waals surface area contributed by atoms with Crippen molar-refractivity contribution in [2.45, 2.75) is 12.0 Å². The van der Waals surface area contributed by atoms with E-state index in [9.17, 15) is 0 Å². The van der Waals surface area contributed by atoms with E-state index < -0.39 is 0 Å². The van der Waals surface area contributed by atoms with Gasteiger partial charge in [0, 0.05) is 12.5 Å². The predicted octanol–water partition coefficient (Wildman–Crippen LogP) is 4.66. The van der Waals surface area contributed by atoms with Crippen molar-refractivity contribution in [1.29, 1.82) is 0 Å². The number of rotatable bonds is 2. The van der Waals surface area contributed by atoms with Crippen LogP contribution in [0.2, 0.25) is 0 Å². The van der Waals surface area contributed by atoms with E-state index in [1.165, 1.54) is 21.9 Å². The standard InChI is InChI=1S/C20H19NO.ClH/c1-2-7-16(8-3-1)20-19(13-21-14-22-20)18-11-10-15-6-4-5-9-17(15)12-18;/h1-12,19-21H,13-14H2;1H/t19-,20-;/m1./s1. The molecule has 3 heteroatoms. The quantitative estimate of drug-likeness (QED) is 0.739. The van der Waals surface area contributed by atoms with Crippen molar-refractivity contribution in [2.24, 2.45) is 0 Å². The van der Waals surface area contributed by atoms with Crippen LogP contribution in [0.4, 0.5) is 0 Å². The molecule has 0 spiro atoms. The Kier molecular flexibility index (Phi) is 4.97. The minimum Gasteiger partial charge on any atom is -0.358 e. The van der Waals surface area contributed by atoms with E-state index in [4.69, 9.17) is 4.74 Å². The number of ether oxygens (including phenoxy) is 1. The van der Waals surface area contributed by atoms with Gasteiger partial charge in [0.2, 0.25) is 0 Å². The molecule has 1 N–H and O–H groups in total. The topological polar surface area (TPSA) is 21.3 Å². The Morgan fingerprint density at radius 2 is 1.52 bits per heavy atom. The third-order valence-electron chi connectivity index (χ3n) is 4.42. The minimum absolute atomic E-state index is 0. The number of nitrogens with one attached hydrogen (secondary N) is 1. The van der Waals surface area contributed by atoms with Crippen LogP contribution in [0.1, 0.15) is 23.1 Å². The van der Waals surface area contributed by atoms with Gasteiger partial charge in [0.25, 0.3) is 0 Å². The van der Waals surface area contributed by atoms with E-state index in [2.05, 4.69) is 78.1 Å². The van der Waals surface area contributed by atoms with Gasteiger partial charge < -0.3 is 4.74 Å². The normalized spacial score (nSPS) is 20.9. The van der Waals surface area contributed by atoms with E-state index in [0.717, 1.165) is 6.54 Å². The summed E-state index contributed by atoms with van der Waals surface area (Å²) in [6.45, 7) is 1.56. The number of hydrogen-bond donors (Lipinski definition) is 1. The number of hydrogen-bond acceptors (Lipinski definition) is 2. The maximum atomic E-state index is 6.03. The zero-order valence-electron chi connectivity index (χ0n) is 12.8. The van der Waals surface area contributed by atoms with Gasteiger partial charge in [-0.15, -0.1) is 12.4 Å². The fourth-order valence-corrected chi connectivity index (χ4v) is 3.29. The SMILES string of the molecule is Cl.c1ccc([C@H]2OCNC[C@@H]2c2ccc3ccccc3c2)cc1. The molecule has 3 aromatic rings. The highest BCUT2D eigenvalue weighted by Crippen LogP contribution is 2.36. The summed E-state index contributed by atoms with van der Waals surface area (Å²) in [5.41, 5.74) is 2.59. The summed E-state index contributed by atoms with van der Waals surface area (Å²) < 4.78 is 6.03. The van der Waals surface area contributed by atoms with Gasteiger partial charge in [-0.1, -0.05) is 72.8 Å². The molecule has 23 heavy (non-hydrogen) atoms. The van der Waals surface area contributed by atoms with Crippen LogP contribution in [-0.2, 0) is 4.74 Å². The predicted molar refractivity (Wildman–Crippen MR) is 97.1 cm³/mol. The van der Waals surface area contributed by atoms with Crippen LogP contribution >= 0.6 is 12.4 Å². The lowest BCUT2D eigenvalue weighted by Crippen LogP contribution is -2.35. The van der Waals surface area contributed by atoms with E-state index >= 15 is 0 Å². The minimum atomic E-state index is 0. The zero-order chi connectivity index (χ0) is 14.8. The fourth-order valence-electron chi connectivity index (χ4n) is 3.29. The van der Waals surface area contributed by atoms with Crippen LogP contribution in [-0.4, -0.2) is 13.3 Å². The van der Waals surface area contributed by atoms with Crippen LogP contribution < -0.4 is 5.32 Å². The number of fused-ring (bicyclic) bond motifs is 1. The molecule has 0 bridgehead atoms. The molecule has 2 nitrogen and oxygen atoms in total.